The lowest BCUT2D eigenvalue weighted by atomic mass is 10.0. The molecular formula is C7H14N. The molecule has 1 nitrogen and oxygen atoms in total. The van der Waals surface area contributed by atoms with Crippen LogP contribution in [0.4, 0.5) is 0 Å². The average Bonchev–Trinajstić information content (AvgIpc) is 1.90. The number of hydrogen-bond acceptors (Lipinski definition) is 1. The Bertz CT molecular complexity index is 55.4. The summed E-state index contributed by atoms with van der Waals surface area (Å²) in [5, 5.41) is 3.41. The molecule has 0 bridgehead atoms. The van der Waals surface area contributed by atoms with Gasteiger partial charge in [-0.15, -0.1) is 0 Å². The van der Waals surface area contributed by atoms with Crippen LogP contribution in [-0.4, -0.2) is 12.6 Å². The van der Waals surface area contributed by atoms with E-state index >= 15 is 0 Å². The summed E-state index contributed by atoms with van der Waals surface area (Å²) in [4.78, 5) is 0. The fraction of sp³-hybridized carbons (Fsp3) is 0.857. The number of hydrogen-bond donors (Lipinski definition) is 1. The van der Waals surface area contributed by atoms with Crippen molar-refractivity contribution in [3.8, 4) is 0 Å². The number of nitrogens with one attached hydrogen (secondary N) is 1. The summed E-state index contributed by atoms with van der Waals surface area (Å²) in [5.74, 6) is 0. The van der Waals surface area contributed by atoms with E-state index < -0.39 is 0 Å². The van der Waals surface area contributed by atoms with Crippen molar-refractivity contribution in [1.82, 2.24) is 5.32 Å². The van der Waals surface area contributed by atoms with E-state index in [1.54, 1.807) is 0 Å². The van der Waals surface area contributed by atoms with E-state index in [2.05, 4.69) is 12.2 Å². The molecule has 1 saturated heterocycles. The summed E-state index contributed by atoms with van der Waals surface area (Å²) < 4.78 is 0. The highest BCUT2D eigenvalue weighted by atomic mass is 14.9. The van der Waals surface area contributed by atoms with Crippen molar-refractivity contribution in [1.29, 1.82) is 0 Å². The first-order valence-electron chi connectivity index (χ1n) is 3.46. The Morgan fingerprint density at radius 2 is 2.38 bits per heavy atom. The third-order valence-electron chi connectivity index (χ3n) is 1.76. The summed E-state index contributed by atoms with van der Waals surface area (Å²) in [6, 6.07) is 0.726. The second-order valence-electron chi connectivity index (χ2n) is 2.44. The predicted molar refractivity (Wildman–Crippen MR) is 35.6 cm³/mol. The first kappa shape index (κ1) is 6.09. The lowest BCUT2D eigenvalue weighted by Gasteiger charge is -2.21. The first-order valence-corrected chi connectivity index (χ1v) is 3.46. The fourth-order valence-corrected chi connectivity index (χ4v) is 1.17. The van der Waals surface area contributed by atoms with E-state index in [0.717, 1.165) is 12.5 Å². The molecule has 1 atom stereocenters. The van der Waals surface area contributed by atoms with Crippen LogP contribution in [0.15, 0.2) is 0 Å². The van der Waals surface area contributed by atoms with Crippen LogP contribution in [0, 0.1) is 6.92 Å². The van der Waals surface area contributed by atoms with Crippen LogP contribution in [0.3, 0.4) is 0 Å². The molecule has 0 spiro atoms. The largest absolute Gasteiger partial charge is 0.314 e. The van der Waals surface area contributed by atoms with Gasteiger partial charge in [0.1, 0.15) is 0 Å². The van der Waals surface area contributed by atoms with E-state index in [1.165, 1.54) is 25.8 Å². The van der Waals surface area contributed by atoms with E-state index in [4.69, 9.17) is 0 Å². The summed E-state index contributed by atoms with van der Waals surface area (Å²) in [5.41, 5.74) is 0. The van der Waals surface area contributed by atoms with E-state index in [0.29, 0.717) is 0 Å². The molecule has 0 aromatic heterocycles. The van der Waals surface area contributed by atoms with Gasteiger partial charge in [-0.25, -0.2) is 0 Å². The minimum Gasteiger partial charge on any atom is -0.314 e. The molecule has 1 heterocycles. The van der Waals surface area contributed by atoms with Gasteiger partial charge in [0.05, 0.1) is 0 Å². The summed E-state index contributed by atoms with van der Waals surface area (Å²) in [6.07, 6.45) is 5.15. The quantitative estimate of drug-likeness (QED) is 0.540. The minimum absolute atomic E-state index is 0.726. The molecule has 1 aliphatic heterocycles. The van der Waals surface area contributed by atoms with Gasteiger partial charge >= 0.3 is 0 Å². The molecule has 1 fully saturated rings. The molecule has 1 N–H and O–H groups in total. The summed E-state index contributed by atoms with van der Waals surface area (Å²) in [6.45, 7) is 5.06. The maximum Gasteiger partial charge on any atom is 0.00670 e. The molecule has 1 rings (SSSR count). The predicted octanol–water partition coefficient (Wildman–Crippen LogP) is 1.35. The Kier molecular flexibility index (Phi) is 2.34. The van der Waals surface area contributed by atoms with Crippen molar-refractivity contribution >= 4 is 0 Å². The maximum atomic E-state index is 3.85. The highest BCUT2D eigenvalue weighted by Gasteiger charge is 2.08. The lowest BCUT2D eigenvalue weighted by Crippen LogP contribution is -2.33. The zero-order valence-corrected chi connectivity index (χ0v) is 5.32. The van der Waals surface area contributed by atoms with Crippen LogP contribution in [-0.2, 0) is 0 Å². The van der Waals surface area contributed by atoms with E-state index in [1.807, 2.05) is 0 Å². The van der Waals surface area contributed by atoms with E-state index in [9.17, 15) is 0 Å². The molecule has 1 radical (unpaired) electrons. The van der Waals surface area contributed by atoms with Gasteiger partial charge in [-0.2, -0.15) is 0 Å². The van der Waals surface area contributed by atoms with Gasteiger partial charge in [-0.1, -0.05) is 13.3 Å². The Balaban J connectivity index is 2.13. The van der Waals surface area contributed by atoms with Gasteiger partial charge < -0.3 is 5.32 Å². The second kappa shape index (κ2) is 3.08. The van der Waals surface area contributed by atoms with Gasteiger partial charge in [0, 0.05) is 6.04 Å². The Labute approximate surface area is 51.5 Å². The molecule has 1 unspecified atom stereocenters. The zero-order valence-electron chi connectivity index (χ0n) is 5.32. The van der Waals surface area contributed by atoms with Crippen LogP contribution in [0.25, 0.3) is 0 Å². The van der Waals surface area contributed by atoms with Gasteiger partial charge in [-0.3, -0.25) is 0 Å². The van der Waals surface area contributed by atoms with Crippen molar-refractivity contribution in [3.63, 3.8) is 0 Å². The van der Waals surface area contributed by atoms with Crippen molar-refractivity contribution in [2.24, 2.45) is 0 Å². The minimum atomic E-state index is 0.726. The Morgan fingerprint density at radius 3 is 2.75 bits per heavy atom. The third kappa shape index (κ3) is 1.48. The second-order valence-corrected chi connectivity index (χ2v) is 2.44. The molecular weight excluding hydrogens is 98.1 g/mol. The topological polar surface area (TPSA) is 12.0 Å². The molecule has 8 heavy (non-hydrogen) atoms. The van der Waals surface area contributed by atoms with E-state index in [-0.39, 0.29) is 0 Å². The number of rotatable bonds is 1. The maximum absolute atomic E-state index is 3.85. The monoisotopic (exact) mass is 112 g/mol. The van der Waals surface area contributed by atoms with Crippen molar-refractivity contribution < 1.29 is 0 Å². The summed E-state index contributed by atoms with van der Waals surface area (Å²) in [7, 11) is 0. The molecule has 1 heteroatoms. The highest BCUT2D eigenvalue weighted by molar-refractivity contribution is 4.71. The molecule has 47 valence electrons. The smallest absolute Gasteiger partial charge is 0.00670 e. The molecule has 0 amide bonds. The SMILES string of the molecule is [CH2]CC1CCCCN1. The molecule has 0 saturated carbocycles. The Morgan fingerprint density at radius 1 is 1.50 bits per heavy atom. The van der Waals surface area contributed by atoms with Crippen LogP contribution in [0.1, 0.15) is 25.7 Å². The van der Waals surface area contributed by atoms with Gasteiger partial charge in [-0.05, 0) is 25.8 Å². The number of piperidine rings is 1. The fourth-order valence-electron chi connectivity index (χ4n) is 1.17. The average molecular weight is 112 g/mol. The normalized spacial score (nSPS) is 30.4. The molecule has 0 aliphatic carbocycles. The Hall–Kier alpha value is -0.0400. The van der Waals surface area contributed by atoms with Crippen molar-refractivity contribution in [2.45, 2.75) is 31.7 Å². The van der Waals surface area contributed by atoms with Crippen LogP contribution >= 0.6 is 0 Å². The molecule has 0 aromatic carbocycles. The summed E-state index contributed by atoms with van der Waals surface area (Å²) >= 11 is 0. The van der Waals surface area contributed by atoms with Gasteiger partial charge in [0.15, 0.2) is 0 Å². The van der Waals surface area contributed by atoms with Crippen molar-refractivity contribution in [3.05, 3.63) is 6.92 Å². The lowest BCUT2D eigenvalue weighted by molar-refractivity contribution is 0.403. The highest BCUT2D eigenvalue weighted by Crippen LogP contribution is 2.08. The third-order valence-corrected chi connectivity index (χ3v) is 1.76. The molecule has 0 aromatic rings. The van der Waals surface area contributed by atoms with Crippen LogP contribution < -0.4 is 5.32 Å². The van der Waals surface area contributed by atoms with Crippen LogP contribution in [0.2, 0.25) is 0 Å². The van der Waals surface area contributed by atoms with Crippen LogP contribution in [0.5, 0.6) is 0 Å². The van der Waals surface area contributed by atoms with Gasteiger partial charge in [0.2, 0.25) is 0 Å². The standard InChI is InChI=1S/C7H14N/c1-2-7-5-3-4-6-8-7/h7-8H,1-6H2. The zero-order chi connectivity index (χ0) is 5.82. The van der Waals surface area contributed by atoms with Crippen molar-refractivity contribution in [2.75, 3.05) is 6.54 Å². The molecule has 1 aliphatic rings. The first-order chi connectivity index (χ1) is 3.93. The van der Waals surface area contributed by atoms with Gasteiger partial charge in [0.25, 0.3) is 0 Å².